The molecule has 0 saturated heterocycles. The van der Waals surface area contributed by atoms with Gasteiger partial charge in [-0.15, -0.1) is 0 Å². The zero-order valence-corrected chi connectivity index (χ0v) is 10.3. The van der Waals surface area contributed by atoms with E-state index in [0.717, 1.165) is 25.5 Å². The maximum Gasteiger partial charge on any atom is 0.123 e. The van der Waals surface area contributed by atoms with E-state index in [9.17, 15) is 0 Å². The molecule has 0 aromatic heterocycles. The van der Waals surface area contributed by atoms with Crippen molar-refractivity contribution in [3.05, 3.63) is 29.8 Å². The first-order valence-electron chi connectivity index (χ1n) is 5.73. The molecule has 0 saturated carbocycles. The molecule has 0 aliphatic heterocycles. The second-order valence-electron chi connectivity index (χ2n) is 3.61. The molecule has 0 aliphatic rings. The molecule has 0 radical (unpaired) electrons. The number of hydrogen-bond acceptors (Lipinski definition) is 3. The zero-order chi connectivity index (χ0) is 11.8. The van der Waals surface area contributed by atoms with E-state index in [1.807, 2.05) is 25.1 Å². The van der Waals surface area contributed by atoms with Crippen molar-refractivity contribution in [2.75, 3.05) is 26.9 Å². The Morgan fingerprint density at radius 1 is 1.31 bits per heavy atom. The molecule has 90 valence electrons. The molecular formula is C13H21NO2. The Hall–Kier alpha value is -1.06. The lowest BCUT2D eigenvalue weighted by Crippen LogP contribution is -2.23. The Bertz CT molecular complexity index is 302. The van der Waals surface area contributed by atoms with E-state index < -0.39 is 0 Å². The van der Waals surface area contributed by atoms with Gasteiger partial charge in [0, 0.05) is 24.8 Å². The fourth-order valence-electron chi connectivity index (χ4n) is 1.63. The largest absolute Gasteiger partial charge is 0.496 e. The Balaban J connectivity index is 2.48. The number of hydrogen-bond donors (Lipinski definition) is 1. The van der Waals surface area contributed by atoms with E-state index >= 15 is 0 Å². The highest BCUT2D eigenvalue weighted by molar-refractivity contribution is 5.35. The fourth-order valence-corrected chi connectivity index (χ4v) is 1.63. The summed E-state index contributed by atoms with van der Waals surface area (Å²) in [5.41, 5.74) is 1.18. The van der Waals surface area contributed by atoms with E-state index in [1.165, 1.54) is 5.56 Å². The van der Waals surface area contributed by atoms with Crippen molar-refractivity contribution in [1.29, 1.82) is 0 Å². The zero-order valence-electron chi connectivity index (χ0n) is 10.3. The third-order valence-corrected chi connectivity index (χ3v) is 2.51. The molecule has 0 fully saturated rings. The molecule has 0 heterocycles. The van der Waals surface area contributed by atoms with Gasteiger partial charge in [0.05, 0.1) is 13.7 Å². The van der Waals surface area contributed by atoms with Crippen LogP contribution in [0.3, 0.4) is 0 Å². The highest BCUT2D eigenvalue weighted by atomic mass is 16.5. The number of rotatable bonds is 7. The van der Waals surface area contributed by atoms with Crippen LogP contribution in [0, 0.1) is 0 Å². The molecule has 0 bridgehead atoms. The van der Waals surface area contributed by atoms with Gasteiger partial charge in [0.25, 0.3) is 0 Å². The van der Waals surface area contributed by atoms with Gasteiger partial charge in [-0.25, -0.2) is 0 Å². The molecule has 1 rings (SSSR count). The minimum atomic E-state index is 0.275. The van der Waals surface area contributed by atoms with Gasteiger partial charge in [-0.05, 0) is 19.9 Å². The van der Waals surface area contributed by atoms with E-state index in [4.69, 9.17) is 9.47 Å². The third-order valence-electron chi connectivity index (χ3n) is 2.51. The minimum Gasteiger partial charge on any atom is -0.496 e. The van der Waals surface area contributed by atoms with Gasteiger partial charge in [-0.2, -0.15) is 0 Å². The lowest BCUT2D eigenvalue weighted by atomic mass is 10.1. The average Bonchev–Trinajstić information content (AvgIpc) is 2.34. The summed E-state index contributed by atoms with van der Waals surface area (Å²) in [7, 11) is 1.70. The highest BCUT2D eigenvalue weighted by Crippen LogP contribution is 2.23. The van der Waals surface area contributed by atoms with Crippen molar-refractivity contribution in [2.45, 2.75) is 19.9 Å². The Labute approximate surface area is 97.8 Å². The van der Waals surface area contributed by atoms with Gasteiger partial charge in [0.15, 0.2) is 0 Å². The van der Waals surface area contributed by atoms with Crippen LogP contribution in [-0.2, 0) is 4.74 Å². The summed E-state index contributed by atoms with van der Waals surface area (Å²) >= 11 is 0. The number of nitrogens with one attached hydrogen (secondary N) is 1. The van der Waals surface area contributed by atoms with Gasteiger partial charge < -0.3 is 14.8 Å². The van der Waals surface area contributed by atoms with E-state index in [0.29, 0.717) is 0 Å². The molecule has 16 heavy (non-hydrogen) atoms. The summed E-state index contributed by atoms with van der Waals surface area (Å²) in [6.45, 7) is 6.50. The van der Waals surface area contributed by atoms with Crippen LogP contribution in [0.4, 0.5) is 0 Å². The summed E-state index contributed by atoms with van der Waals surface area (Å²) < 4.78 is 10.6. The second kappa shape index (κ2) is 7.25. The predicted molar refractivity (Wildman–Crippen MR) is 65.9 cm³/mol. The summed E-state index contributed by atoms with van der Waals surface area (Å²) in [5.74, 6) is 0.930. The molecule has 1 atom stereocenters. The monoisotopic (exact) mass is 223 g/mol. The second-order valence-corrected chi connectivity index (χ2v) is 3.61. The van der Waals surface area contributed by atoms with E-state index in [2.05, 4.69) is 18.3 Å². The van der Waals surface area contributed by atoms with Crippen LogP contribution in [0.25, 0.3) is 0 Å². The first-order valence-corrected chi connectivity index (χ1v) is 5.73. The number of ether oxygens (including phenoxy) is 2. The normalized spacial score (nSPS) is 12.4. The van der Waals surface area contributed by atoms with Gasteiger partial charge in [0.1, 0.15) is 5.75 Å². The molecule has 1 unspecified atom stereocenters. The highest BCUT2D eigenvalue weighted by Gasteiger charge is 2.09. The first kappa shape index (κ1) is 13.0. The maximum absolute atomic E-state index is 5.32. The van der Waals surface area contributed by atoms with Crippen molar-refractivity contribution in [2.24, 2.45) is 0 Å². The standard InChI is InChI=1S/C13H21NO2/c1-4-16-10-9-14-11(2)12-7-5-6-8-13(12)15-3/h5-8,11,14H,4,9-10H2,1-3H3. The van der Waals surface area contributed by atoms with Crippen molar-refractivity contribution in [1.82, 2.24) is 5.32 Å². The predicted octanol–water partition coefficient (Wildman–Crippen LogP) is 2.38. The van der Waals surface area contributed by atoms with Crippen molar-refractivity contribution in [3.8, 4) is 5.75 Å². The van der Waals surface area contributed by atoms with E-state index in [-0.39, 0.29) is 6.04 Å². The summed E-state index contributed by atoms with van der Waals surface area (Å²) in [6.07, 6.45) is 0. The maximum atomic E-state index is 5.32. The molecular weight excluding hydrogens is 202 g/mol. The number of benzene rings is 1. The molecule has 3 heteroatoms. The lowest BCUT2D eigenvalue weighted by molar-refractivity contribution is 0.147. The van der Waals surface area contributed by atoms with Crippen molar-refractivity contribution in [3.63, 3.8) is 0 Å². The van der Waals surface area contributed by atoms with Gasteiger partial charge in [0.2, 0.25) is 0 Å². The number of methoxy groups -OCH3 is 1. The van der Waals surface area contributed by atoms with Crippen LogP contribution in [0.5, 0.6) is 5.75 Å². The molecule has 0 amide bonds. The Kier molecular flexibility index (Phi) is 5.90. The molecule has 0 aliphatic carbocycles. The van der Waals surface area contributed by atoms with E-state index in [1.54, 1.807) is 7.11 Å². The smallest absolute Gasteiger partial charge is 0.123 e. The Morgan fingerprint density at radius 2 is 2.06 bits per heavy atom. The van der Waals surface area contributed by atoms with Gasteiger partial charge >= 0.3 is 0 Å². The van der Waals surface area contributed by atoms with Crippen LogP contribution in [-0.4, -0.2) is 26.9 Å². The molecule has 1 aromatic carbocycles. The lowest BCUT2D eigenvalue weighted by Gasteiger charge is -2.17. The molecule has 0 spiro atoms. The topological polar surface area (TPSA) is 30.5 Å². The third kappa shape index (κ3) is 3.83. The van der Waals surface area contributed by atoms with Crippen LogP contribution in [0.15, 0.2) is 24.3 Å². The van der Waals surface area contributed by atoms with Crippen LogP contribution < -0.4 is 10.1 Å². The van der Waals surface area contributed by atoms with Crippen LogP contribution in [0.2, 0.25) is 0 Å². The Morgan fingerprint density at radius 3 is 2.75 bits per heavy atom. The van der Waals surface area contributed by atoms with Crippen LogP contribution >= 0.6 is 0 Å². The summed E-state index contributed by atoms with van der Waals surface area (Å²) in [6, 6.07) is 8.35. The molecule has 1 N–H and O–H groups in total. The van der Waals surface area contributed by atoms with Crippen molar-refractivity contribution < 1.29 is 9.47 Å². The average molecular weight is 223 g/mol. The van der Waals surface area contributed by atoms with Gasteiger partial charge in [-0.1, -0.05) is 18.2 Å². The molecule has 1 aromatic rings. The fraction of sp³-hybridized carbons (Fsp3) is 0.538. The quantitative estimate of drug-likeness (QED) is 0.720. The van der Waals surface area contributed by atoms with Gasteiger partial charge in [-0.3, -0.25) is 0 Å². The first-order chi connectivity index (χ1) is 7.79. The number of para-hydroxylation sites is 1. The summed E-state index contributed by atoms with van der Waals surface area (Å²) in [4.78, 5) is 0. The van der Waals surface area contributed by atoms with Crippen molar-refractivity contribution >= 4 is 0 Å². The SMILES string of the molecule is CCOCCNC(C)c1ccccc1OC. The summed E-state index contributed by atoms with van der Waals surface area (Å²) in [5, 5.41) is 3.40. The van der Waals surface area contributed by atoms with Crippen LogP contribution in [0.1, 0.15) is 25.5 Å². The molecule has 3 nitrogen and oxygen atoms in total. The minimum absolute atomic E-state index is 0.275.